The zero-order valence-corrected chi connectivity index (χ0v) is 15.2. The number of anilines is 1. The minimum atomic E-state index is -0.440. The first-order chi connectivity index (χ1) is 12.5. The predicted octanol–water partition coefficient (Wildman–Crippen LogP) is 3.44. The van der Waals surface area contributed by atoms with Gasteiger partial charge in [-0.3, -0.25) is 9.59 Å². The molecule has 1 aliphatic heterocycles. The summed E-state index contributed by atoms with van der Waals surface area (Å²) in [5.74, 6) is -0.799. The Labute approximate surface area is 155 Å². The van der Waals surface area contributed by atoms with Gasteiger partial charge in [0.1, 0.15) is 4.88 Å². The molecular weight excluding hydrogens is 352 g/mol. The van der Waals surface area contributed by atoms with Crippen LogP contribution in [0.15, 0.2) is 42.6 Å². The van der Waals surface area contributed by atoms with E-state index in [2.05, 4.69) is 10.1 Å². The normalized spacial score (nSPS) is 15.3. The maximum absolute atomic E-state index is 12.5. The molecule has 0 radical (unpaired) electrons. The van der Waals surface area contributed by atoms with Crippen molar-refractivity contribution in [2.75, 3.05) is 12.4 Å². The van der Waals surface area contributed by atoms with E-state index in [-0.39, 0.29) is 24.3 Å². The lowest BCUT2D eigenvalue weighted by Gasteiger charge is -2.32. The van der Waals surface area contributed by atoms with E-state index in [9.17, 15) is 14.4 Å². The van der Waals surface area contributed by atoms with Crippen LogP contribution < -0.4 is 5.32 Å². The largest absolute Gasteiger partial charge is 0.465 e. The molecule has 2 amide bonds. The quantitative estimate of drug-likeness (QED) is 0.837. The summed E-state index contributed by atoms with van der Waals surface area (Å²) in [6, 6.07) is 10.6. The number of carbonyl (C=O) groups is 3. The number of nitrogens with zero attached hydrogens (tertiary/aromatic N) is 1. The number of methoxy groups -OCH3 is 1. The van der Waals surface area contributed by atoms with Gasteiger partial charge in [-0.1, -0.05) is 24.3 Å². The number of fused-ring (bicyclic) bond motifs is 1. The molecule has 1 aliphatic rings. The molecule has 1 aromatic heterocycles. The van der Waals surface area contributed by atoms with Gasteiger partial charge in [0.25, 0.3) is 0 Å². The maximum atomic E-state index is 12.5. The average molecular weight is 370 g/mol. The summed E-state index contributed by atoms with van der Waals surface area (Å²) in [5.41, 5.74) is 1.92. The minimum absolute atomic E-state index is 0.117. The number of esters is 1. The highest BCUT2D eigenvalue weighted by Crippen LogP contribution is 2.33. The van der Waals surface area contributed by atoms with Crippen molar-refractivity contribution in [2.24, 2.45) is 0 Å². The van der Waals surface area contributed by atoms with E-state index in [4.69, 9.17) is 0 Å². The number of hydrogen-bond donors (Lipinski definition) is 1. The van der Waals surface area contributed by atoms with E-state index >= 15 is 0 Å². The van der Waals surface area contributed by atoms with Gasteiger partial charge in [0.2, 0.25) is 11.8 Å². The van der Waals surface area contributed by atoms with Crippen LogP contribution in [0.3, 0.4) is 0 Å². The van der Waals surface area contributed by atoms with E-state index in [1.54, 1.807) is 23.2 Å². The first-order valence-electron chi connectivity index (χ1n) is 8.03. The van der Waals surface area contributed by atoms with Crippen LogP contribution in [-0.4, -0.2) is 29.8 Å². The van der Waals surface area contributed by atoms with E-state index in [1.165, 1.54) is 14.0 Å². The van der Waals surface area contributed by atoms with Crippen LogP contribution in [0.5, 0.6) is 0 Å². The van der Waals surface area contributed by atoms with Crippen molar-refractivity contribution < 1.29 is 19.1 Å². The molecule has 7 heteroatoms. The fourth-order valence-corrected chi connectivity index (χ4v) is 3.73. The van der Waals surface area contributed by atoms with Gasteiger partial charge in [0.15, 0.2) is 0 Å². The highest BCUT2D eigenvalue weighted by Gasteiger charge is 2.28. The molecule has 1 atom stereocenters. The van der Waals surface area contributed by atoms with Crippen molar-refractivity contribution in [3.05, 3.63) is 58.6 Å². The second-order valence-corrected chi connectivity index (χ2v) is 6.88. The molecule has 2 aromatic rings. The standard InChI is InChI=1S/C19H18N2O4S/c1-12(22)21-10-9-13-5-3-4-6-14(13)15(21)11-17(23)20-18-8-7-16(26-18)19(24)25-2/h3-10,15H,11H2,1-2H3,(H,20,23)/t15-/m1/s1. The molecule has 26 heavy (non-hydrogen) atoms. The predicted molar refractivity (Wildman–Crippen MR) is 99.6 cm³/mol. The lowest BCUT2D eigenvalue weighted by molar-refractivity contribution is -0.129. The van der Waals surface area contributed by atoms with Gasteiger partial charge in [-0.15, -0.1) is 11.3 Å². The summed E-state index contributed by atoms with van der Waals surface area (Å²) < 4.78 is 4.66. The Kier molecular flexibility index (Phi) is 5.18. The Morgan fingerprint density at radius 2 is 1.96 bits per heavy atom. The first kappa shape index (κ1) is 17.9. The molecule has 6 nitrogen and oxygen atoms in total. The fraction of sp³-hybridized carbons (Fsp3) is 0.211. The Morgan fingerprint density at radius 3 is 2.69 bits per heavy atom. The number of benzene rings is 1. The second kappa shape index (κ2) is 7.53. The number of rotatable bonds is 4. The number of carbonyl (C=O) groups excluding carboxylic acids is 3. The molecule has 1 aromatic carbocycles. The van der Waals surface area contributed by atoms with Crippen LogP contribution in [0.25, 0.3) is 6.08 Å². The van der Waals surface area contributed by atoms with Crippen LogP contribution in [0.2, 0.25) is 0 Å². The third kappa shape index (κ3) is 3.67. The molecule has 2 heterocycles. The SMILES string of the molecule is COC(=O)c1ccc(NC(=O)C[C@@H]2c3ccccc3C=CN2C(C)=O)s1. The average Bonchev–Trinajstić information content (AvgIpc) is 3.09. The topological polar surface area (TPSA) is 75.7 Å². The van der Waals surface area contributed by atoms with Crippen molar-refractivity contribution in [3.8, 4) is 0 Å². The monoisotopic (exact) mass is 370 g/mol. The molecule has 1 N–H and O–H groups in total. The zero-order chi connectivity index (χ0) is 18.7. The summed E-state index contributed by atoms with van der Waals surface area (Å²) in [5, 5.41) is 3.35. The summed E-state index contributed by atoms with van der Waals surface area (Å²) in [4.78, 5) is 38.0. The summed E-state index contributed by atoms with van der Waals surface area (Å²) in [7, 11) is 1.31. The first-order valence-corrected chi connectivity index (χ1v) is 8.85. The van der Waals surface area contributed by atoms with E-state index in [1.807, 2.05) is 30.3 Å². The Bertz CT molecular complexity index is 887. The number of ether oxygens (including phenoxy) is 1. The highest BCUT2D eigenvalue weighted by atomic mass is 32.1. The summed E-state index contributed by atoms with van der Waals surface area (Å²) in [6.07, 6.45) is 3.70. The molecule has 0 unspecified atom stereocenters. The lowest BCUT2D eigenvalue weighted by Crippen LogP contribution is -2.33. The molecule has 134 valence electrons. The van der Waals surface area contributed by atoms with Crippen LogP contribution in [0.4, 0.5) is 5.00 Å². The molecule has 0 fully saturated rings. The zero-order valence-electron chi connectivity index (χ0n) is 14.4. The molecular formula is C19H18N2O4S. The van der Waals surface area contributed by atoms with Crippen LogP contribution in [0.1, 0.15) is 40.2 Å². The number of nitrogens with one attached hydrogen (secondary N) is 1. The van der Waals surface area contributed by atoms with Gasteiger partial charge in [-0.05, 0) is 29.3 Å². The van der Waals surface area contributed by atoms with Crippen molar-refractivity contribution in [3.63, 3.8) is 0 Å². The van der Waals surface area contributed by atoms with Gasteiger partial charge >= 0.3 is 5.97 Å². The van der Waals surface area contributed by atoms with Crippen LogP contribution in [0, 0.1) is 0 Å². The smallest absolute Gasteiger partial charge is 0.348 e. The number of amides is 2. The van der Waals surface area contributed by atoms with E-state index in [0.717, 1.165) is 22.5 Å². The van der Waals surface area contributed by atoms with Crippen LogP contribution in [-0.2, 0) is 14.3 Å². The van der Waals surface area contributed by atoms with E-state index < -0.39 is 5.97 Å². The molecule has 0 spiro atoms. The van der Waals surface area contributed by atoms with Crippen molar-refractivity contribution in [1.29, 1.82) is 0 Å². The third-order valence-corrected chi connectivity index (χ3v) is 5.08. The van der Waals surface area contributed by atoms with Crippen LogP contribution >= 0.6 is 11.3 Å². The van der Waals surface area contributed by atoms with Gasteiger partial charge < -0.3 is 15.0 Å². The number of hydrogen-bond acceptors (Lipinski definition) is 5. The summed E-state index contributed by atoms with van der Waals surface area (Å²) in [6.45, 7) is 1.48. The highest BCUT2D eigenvalue weighted by molar-refractivity contribution is 7.18. The molecule has 0 bridgehead atoms. The third-order valence-electron chi connectivity index (χ3n) is 4.10. The van der Waals surface area contributed by atoms with E-state index in [0.29, 0.717) is 9.88 Å². The fourth-order valence-electron chi connectivity index (χ4n) is 2.89. The molecule has 0 aliphatic carbocycles. The Morgan fingerprint density at radius 1 is 1.19 bits per heavy atom. The van der Waals surface area contributed by atoms with Gasteiger partial charge in [-0.25, -0.2) is 4.79 Å². The van der Waals surface area contributed by atoms with Gasteiger partial charge in [0.05, 0.1) is 24.6 Å². The molecule has 0 saturated heterocycles. The molecule has 3 rings (SSSR count). The van der Waals surface area contributed by atoms with Crippen molar-refractivity contribution in [2.45, 2.75) is 19.4 Å². The van der Waals surface area contributed by atoms with Gasteiger partial charge in [-0.2, -0.15) is 0 Å². The van der Waals surface area contributed by atoms with Gasteiger partial charge in [0, 0.05) is 13.1 Å². The maximum Gasteiger partial charge on any atom is 0.348 e. The minimum Gasteiger partial charge on any atom is -0.465 e. The van der Waals surface area contributed by atoms with Crippen molar-refractivity contribution >= 4 is 40.2 Å². The Hall–Kier alpha value is -2.93. The number of thiophene rings is 1. The lowest BCUT2D eigenvalue weighted by atomic mass is 9.93. The second-order valence-electron chi connectivity index (χ2n) is 5.79. The Balaban J connectivity index is 1.76. The molecule has 0 saturated carbocycles. The van der Waals surface area contributed by atoms with Crippen molar-refractivity contribution in [1.82, 2.24) is 4.90 Å². The summed E-state index contributed by atoms with van der Waals surface area (Å²) >= 11 is 1.15.